The highest BCUT2D eigenvalue weighted by atomic mass is 16.6. The van der Waals surface area contributed by atoms with Crippen LogP contribution in [0.25, 0.3) is 0 Å². The molecule has 18 heavy (non-hydrogen) atoms. The Morgan fingerprint density at radius 2 is 2.22 bits per heavy atom. The number of hydrogen-bond donors (Lipinski definition) is 1. The van der Waals surface area contributed by atoms with E-state index < -0.39 is 10.9 Å². The summed E-state index contributed by atoms with van der Waals surface area (Å²) < 4.78 is 9.65. The molecule has 0 aliphatic carbocycles. The van der Waals surface area contributed by atoms with Crippen molar-refractivity contribution in [1.29, 1.82) is 0 Å². The van der Waals surface area contributed by atoms with Crippen molar-refractivity contribution in [2.24, 2.45) is 5.73 Å². The fourth-order valence-electron chi connectivity index (χ4n) is 1.30. The molecular weight excluding hydrogens is 240 g/mol. The third kappa shape index (κ3) is 3.70. The summed E-state index contributed by atoms with van der Waals surface area (Å²) in [6.45, 7) is 0.271. The van der Waals surface area contributed by atoms with E-state index in [4.69, 9.17) is 10.5 Å². The first kappa shape index (κ1) is 13.9. The van der Waals surface area contributed by atoms with E-state index in [1.54, 1.807) is 6.07 Å². The highest BCUT2D eigenvalue weighted by Crippen LogP contribution is 2.27. The van der Waals surface area contributed by atoms with Gasteiger partial charge in [0.25, 0.3) is 0 Å². The fourth-order valence-corrected chi connectivity index (χ4v) is 1.30. The third-order valence-electron chi connectivity index (χ3n) is 2.25. The van der Waals surface area contributed by atoms with Gasteiger partial charge in [-0.25, -0.2) is 0 Å². The van der Waals surface area contributed by atoms with E-state index in [9.17, 15) is 14.9 Å². The lowest BCUT2D eigenvalue weighted by Crippen LogP contribution is -2.09. The van der Waals surface area contributed by atoms with Gasteiger partial charge in [-0.3, -0.25) is 14.9 Å². The van der Waals surface area contributed by atoms with Gasteiger partial charge in [0.1, 0.15) is 0 Å². The monoisotopic (exact) mass is 254 g/mol. The van der Waals surface area contributed by atoms with Crippen molar-refractivity contribution in [3.05, 3.63) is 33.9 Å². The van der Waals surface area contributed by atoms with Crippen molar-refractivity contribution >= 4 is 11.7 Å². The molecule has 0 heterocycles. The summed E-state index contributed by atoms with van der Waals surface area (Å²) in [7, 11) is 1.26. The van der Waals surface area contributed by atoms with Crippen LogP contribution in [0.2, 0.25) is 0 Å². The van der Waals surface area contributed by atoms with Crippen molar-refractivity contribution < 1.29 is 19.2 Å². The maximum atomic E-state index is 10.9. The lowest BCUT2D eigenvalue weighted by molar-refractivity contribution is -0.385. The molecule has 1 rings (SSSR count). The number of nitrogens with zero attached hydrogens (tertiary/aromatic N) is 1. The van der Waals surface area contributed by atoms with E-state index in [1.165, 1.54) is 19.2 Å². The highest BCUT2D eigenvalue weighted by molar-refractivity contribution is 5.69. The molecule has 1 aromatic carbocycles. The molecule has 0 amide bonds. The van der Waals surface area contributed by atoms with Gasteiger partial charge in [-0.05, 0) is 11.6 Å². The van der Waals surface area contributed by atoms with Crippen LogP contribution in [0, 0.1) is 10.1 Å². The van der Waals surface area contributed by atoms with Crippen LogP contribution in [-0.4, -0.2) is 24.6 Å². The van der Waals surface area contributed by atoms with Crippen molar-refractivity contribution in [3.8, 4) is 5.75 Å². The topological polar surface area (TPSA) is 105 Å². The SMILES string of the molecule is COC(=O)CCOc1cc(CN)ccc1[N+](=O)[O-]. The van der Waals surface area contributed by atoms with Gasteiger partial charge in [0.15, 0.2) is 5.75 Å². The van der Waals surface area contributed by atoms with Gasteiger partial charge in [-0.15, -0.1) is 0 Å². The van der Waals surface area contributed by atoms with E-state index in [0.717, 1.165) is 0 Å². The smallest absolute Gasteiger partial charge is 0.310 e. The number of hydrogen-bond acceptors (Lipinski definition) is 6. The van der Waals surface area contributed by atoms with E-state index in [1.807, 2.05) is 0 Å². The highest BCUT2D eigenvalue weighted by Gasteiger charge is 2.15. The molecule has 7 nitrogen and oxygen atoms in total. The molecule has 0 unspecified atom stereocenters. The molecule has 0 aliphatic rings. The normalized spacial score (nSPS) is 9.89. The summed E-state index contributed by atoms with van der Waals surface area (Å²) in [5.41, 5.74) is 6.00. The Morgan fingerprint density at radius 1 is 1.50 bits per heavy atom. The van der Waals surface area contributed by atoms with Crippen molar-refractivity contribution in [1.82, 2.24) is 0 Å². The second-order valence-electron chi connectivity index (χ2n) is 3.44. The Labute approximate surface area is 104 Å². The maximum Gasteiger partial charge on any atom is 0.310 e. The minimum Gasteiger partial charge on any atom is -0.486 e. The predicted octanol–water partition coefficient (Wildman–Crippen LogP) is 0.995. The first-order valence-electron chi connectivity index (χ1n) is 5.25. The summed E-state index contributed by atoms with van der Waals surface area (Å²) in [6.07, 6.45) is 0.0283. The zero-order valence-electron chi connectivity index (χ0n) is 9.92. The number of nitro benzene ring substituents is 1. The molecule has 0 bridgehead atoms. The summed E-state index contributed by atoms with van der Waals surface area (Å²) in [5.74, 6) is -0.334. The Morgan fingerprint density at radius 3 is 2.78 bits per heavy atom. The molecule has 0 saturated heterocycles. The second kappa shape index (κ2) is 6.55. The molecule has 0 spiro atoms. The molecule has 0 fully saturated rings. The number of carbonyl (C=O) groups excluding carboxylic acids is 1. The number of rotatable bonds is 6. The van der Waals surface area contributed by atoms with Crippen molar-refractivity contribution in [3.63, 3.8) is 0 Å². The van der Waals surface area contributed by atoms with E-state index in [2.05, 4.69) is 4.74 Å². The summed E-state index contributed by atoms with van der Waals surface area (Å²) >= 11 is 0. The van der Waals surface area contributed by atoms with Crippen LogP contribution in [0.15, 0.2) is 18.2 Å². The minimum absolute atomic E-state index is 0.0154. The molecule has 7 heteroatoms. The first-order chi connectivity index (χ1) is 8.58. The van der Waals surface area contributed by atoms with Crippen molar-refractivity contribution in [2.45, 2.75) is 13.0 Å². The summed E-state index contributed by atoms with van der Waals surface area (Å²) in [6, 6.07) is 4.39. The minimum atomic E-state index is -0.548. The van der Waals surface area contributed by atoms with Crippen LogP contribution in [0.5, 0.6) is 5.75 Å². The average Bonchev–Trinajstić information content (AvgIpc) is 2.37. The molecule has 0 atom stereocenters. The van der Waals surface area contributed by atoms with Crippen molar-refractivity contribution in [2.75, 3.05) is 13.7 Å². The molecule has 2 N–H and O–H groups in total. The van der Waals surface area contributed by atoms with Gasteiger partial charge in [0, 0.05) is 12.6 Å². The Bertz CT molecular complexity index is 447. The largest absolute Gasteiger partial charge is 0.486 e. The van der Waals surface area contributed by atoms with E-state index in [-0.39, 0.29) is 31.0 Å². The standard InChI is InChI=1S/C11H14N2O5/c1-17-11(14)4-5-18-10-6-8(7-12)2-3-9(10)13(15)16/h2-3,6H,4-5,7,12H2,1H3. The molecule has 0 radical (unpaired) electrons. The number of methoxy groups -OCH3 is 1. The van der Waals surface area contributed by atoms with Gasteiger partial charge in [0.05, 0.1) is 25.1 Å². The number of ether oxygens (including phenoxy) is 2. The van der Waals surface area contributed by atoms with Gasteiger partial charge >= 0.3 is 11.7 Å². The number of carbonyl (C=O) groups is 1. The molecule has 98 valence electrons. The lowest BCUT2D eigenvalue weighted by Gasteiger charge is -2.07. The number of esters is 1. The van der Waals surface area contributed by atoms with Crippen LogP contribution < -0.4 is 10.5 Å². The molecule has 1 aromatic rings. The van der Waals surface area contributed by atoms with Crippen LogP contribution in [0.3, 0.4) is 0 Å². The zero-order chi connectivity index (χ0) is 13.5. The third-order valence-corrected chi connectivity index (χ3v) is 2.25. The number of nitro groups is 1. The fraction of sp³-hybridized carbons (Fsp3) is 0.364. The van der Waals surface area contributed by atoms with Gasteiger partial charge in [-0.2, -0.15) is 0 Å². The zero-order valence-corrected chi connectivity index (χ0v) is 9.92. The molecule has 0 saturated carbocycles. The van der Waals surface area contributed by atoms with E-state index >= 15 is 0 Å². The number of nitrogens with two attached hydrogens (primary N) is 1. The summed E-state index contributed by atoms with van der Waals surface area (Å²) in [4.78, 5) is 21.1. The summed E-state index contributed by atoms with van der Waals surface area (Å²) in [5, 5.41) is 10.8. The Hall–Kier alpha value is -2.15. The van der Waals surface area contributed by atoms with Crippen LogP contribution in [-0.2, 0) is 16.1 Å². The van der Waals surface area contributed by atoms with Crippen LogP contribution >= 0.6 is 0 Å². The van der Waals surface area contributed by atoms with Gasteiger partial charge in [-0.1, -0.05) is 6.07 Å². The molecule has 0 aromatic heterocycles. The molecule has 0 aliphatic heterocycles. The Balaban J connectivity index is 2.78. The predicted molar refractivity (Wildman–Crippen MR) is 63.1 cm³/mol. The van der Waals surface area contributed by atoms with Gasteiger partial charge < -0.3 is 15.2 Å². The number of benzene rings is 1. The Kier molecular flexibility index (Phi) is 5.06. The van der Waals surface area contributed by atoms with E-state index in [0.29, 0.717) is 5.56 Å². The molecular formula is C11H14N2O5. The van der Waals surface area contributed by atoms with Crippen LogP contribution in [0.1, 0.15) is 12.0 Å². The second-order valence-corrected chi connectivity index (χ2v) is 3.44. The van der Waals surface area contributed by atoms with Gasteiger partial charge in [0.2, 0.25) is 0 Å². The first-order valence-corrected chi connectivity index (χ1v) is 5.25. The maximum absolute atomic E-state index is 10.9. The average molecular weight is 254 g/mol. The van der Waals surface area contributed by atoms with Crippen LogP contribution in [0.4, 0.5) is 5.69 Å². The lowest BCUT2D eigenvalue weighted by atomic mass is 10.2. The quantitative estimate of drug-likeness (QED) is 0.461.